The number of alkyl halides is 3. The molecule has 2 fully saturated rings. The number of anilines is 1. The van der Waals surface area contributed by atoms with Crippen molar-refractivity contribution in [1.29, 1.82) is 0 Å². The Morgan fingerprint density at radius 3 is 2.66 bits per heavy atom. The van der Waals surface area contributed by atoms with Crippen LogP contribution in [0.25, 0.3) is 11.3 Å². The second kappa shape index (κ2) is 7.16. The van der Waals surface area contributed by atoms with Gasteiger partial charge < -0.3 is 10.4 Å². The van der Waals surface area contributed by atoms with Crippen LogP contribution in [-0.4, -0.2) is 45.4 Å². The van der Waals surface area contributed by atoms with Gasteiger partial charge >= 0.3 is 6.18 Å². The normalized spacial score (nSPS) is 24.7. The van der Waals surface area contributed by atoms with Gasteiger partial charge in [-0.3, -0.25) is 4.90 Å². The number of aryl methyl sites for hydroxylation is 1. The fourth-order valence-electron chi connectivity index (χ4n) is 4.88. The van der Waals surface area contributed by atoms with Crippen LogP contribution in [0.4, 0.5) is 19.0 Å². The Kier molecular flexibility index (Phi) is 4.93. The predicted molar refractivity (Wildman–Crippen MR) is 105 cm³/mol. The van der Waals surface area contributed by atoms with Crippen molar-refractivity contribution in [2.75, 3.05) is 18.9 Å². The summed E-state index contributed by atoms with van der Waals surface area (Å²) in [7, 11) is 2.20. The largest absolute Gasteiger partial charge is 0.507 e. The van der Waals surface area contributed by atoms with E-state index in [1.807, 2.05) is 0 Å². The second-order valence-electron chi connectivity index (χ2n) is 8.26. The number of nitrogens with one attached hydrogen (secondary N) is 1. The lowest BCUT2D eigenvalue weighted by Crippen LogP contribution is -2.52. The van der Waals surface area contributed by atoms with Crippen molar-refractivity contribution in [3.8, 4) is 17.0 Å². The van der Waals surface area contributed by atoms with Crippen LogP contribution in [0.15, 0.2) is 24.3 Å². The zero-order valence-electron chi connectivity index (χ0n) is 16.6. The molecule has 0 amide bonds. The van der Waals surface area contributed by atoms with E-state index in [9.17, 15) is 18.3 Å². The lowest BCUT2D eigenvalue weighted by molar-refractivity contribution is -0.137. The molecule has 3 heterocycles. The smallest absolute Gasteiger partial charge is 0.416 e. The summed E-state index contributed by atoms with van der Waals surface area (Å²) in [6.07, 6.45) is 1.57. The van der Waals surface area contributed by atoms with E-state index >= 15 is 0 Å². The molecule has 29 heavy (non-hydrogen) atoms. The summed E-state index contributed by atoms with van der Waals surface area (Å²) in [5.41, 5.74) is 0.181. The summed E-state index contributed by atoms with van der Waals surface area (Å²) in [6, 6.07) is 5.84. The Morgan fingerprint density at radius 1 is 1.21 bits per heavy atom. The molecule has 4 rings (SSSR count). The van der Waals surface area contributed by atoms with Crippen LogP contribution in [0, 0.1) is 6.92 Å². The maximum atomic E-state index is 12.9. The summed E-state index contributed by atoms with van der Waals surface area (Å²) < 4.78 is 38.7. The average Bonchev–Trinajstić information content (AvgIpc) is 2.84. The average molecular weight is 406 g/mol. The van der Waals surface area contributed by atoms with E-state index in [1.165, 1.54) is 32.6 Å². The van der Waals surface area contributed by atoms with Crippen molar-refractivity contribution in [3.05, 3.63) is 35.4 Å². The van der Waals surface area contributed by atoms with Gasteiger partial charge in [-0.25, -0.2) is 0 Å². The van der Waals surface area contributed by atoms with Gasteiger partial charge in [-0.15, -0.1) is 10.2 Å². The number of halogens is 3. The highest BCUT2D eigenvalue weighted by molar-refractivity contribution is 5.71. The van der Waals surface area contributed by atoms with Gasteiger partial charge in [0, 0.05) is 23.7 Å². The Balaban J connectivity index is 1.50. The van der Waals surface area contributed by atoms with Gasteiger partial charge in [0.25, 0.3) is 0 Å². The predicted octanol–water partition coefficient (Wildman–Crippen LogP) is 4.61. The van der Waals surface area contributed by atoms with Gasteiger partial charge in [0.1, 0.15) is 11.6 Å². The number of fused-ring (bicyclic) bond motifs is 2. The molecule has 2 atom stereocenters. The third-order valence-corrected chi connectivity index (χ3v) is 6.58. The van der Waals surface area contributed by atoms with Gasteiger partial charge in [-0.2, -0.15) is 13.2 Å². The standard InChI is InChI=1S/C21H25F3N4O/c1-13-10-14(21(22,23)24)11-17(29)19(13)16-5-6-18(27-26-16)25-12-20-8-3-4-15(7-9-20)28(20)2/h5-6,10-11,15,29H,3-4,7-9,12H2,1-2H3,(H,25,27). The van der Waals surface area contributed by atoms with Crippen LogP contribution >= 0.6 is 0 Å². The quantitative estimate of drug-likeness (QED) is 0.777. The van der Waals surface area contributed by atoms with Crippen LogP contribution < -0.4 is 5.32 Å². The minimum atomic E-state index is -4.51. The number of phenolic OH excluding ortho intramolecular Hbond substituents is 1. The Labute approximate surface area is 167 Å². The topological polar surface area (TPSA) is 61.3 Å². The molecule has 2 N–H and O–H groups in total. The van der Waals surface area contributed by atoms with Crippen LogP contribution in [-0.2, 0) is 6.18 Å². The highest BCUT2D eigenvalue weighted by Gasteiger charge is 2.46. The molecule has 0 radical (unpaired) electrons. The maximum Gasteiger partial charge on any atom is 0.416 e. The third-order valence-electron chi connectivity index (χ3n) is 6.58. The lowest BCUT2D eigenvalue weighted by Gasteiger charge is -2.42. The van der Waals surface area contributed by atoms with Crippen molar-refractivity contribution >= 4 is 5.82 Å². The Bertz CT molecular complexity index is 873. The molecule has 5 nitrogen and oxygen atoms in total. The van der Waals surface area contributed by atoms with Crippen molar-refractivity contribution in [2.24, 2.45) is 0 Å². The number of hydrogen-bond acceptors (Lipinski definition) is 5. The third kappa shape index (κ3) is 3.66. The molecule has 2 aliphatic heterocycles. The van der Waals surface area contributed by atoms with Crippen LogP contribution in [0.3, 0.4) is 0 Å². The number of aromatic hydroxyl groups is 1. The van der Waals surface area contributed by atoms with Gasteiger partial charge in [-0.05, 0) is 75.9 Å². The van der Waals surface area contributed by atoms with Crippen molar-refractivity contribution in [1.82, 2.24) is 15.1 Å². The van der Waals surface area contributed by atoms with Gasteiger partial charge in [0.05, 0.1) is 11.3 Å². The molecule has 1 aromatic heterocycles. The number of hydrogen-bond donors (Lipinski definition) is 2. The van der Waals surface area contributed by atoms with E-state index in [1.54, 1.807) is 12.1 Å². The number of likely N-dealkylation sites (N-methyl/N-ethyl adjacent to an activating group) is 1. The summed E-state index contributed by atoms with van der Waals surface area (Å²) in [6.45, 7) is 2.31. The van der Waals surface area contributed by atoms with E-state index in [4.69, 9.17) is 0 Å². The van der Waals surface area contributed by atoms with Crippen LogP contribution in [0.2, 0.25) is 0 Å². The molecule has 2 saturated heterocycles. The minimum absolute atomic E-state index is 0.158. The van der Waals surface area contributed by atoms with E-state index in [2.05, 4.69) is 27.5 Å². The second-order valence-corrected chi connectivity index (χ2v) is 8.26. The van der Waals surface area contributed by atoms with Gasteiger partial charge in [-0.1, -0.05) is 0 Å². The Morgan fingerprint density at radius 2 is 2.00 bits per heavy atom. The molecular formula is C21H25F3N4O. The van der Waals surface area contributed by atoms with Crippen molar-refractivity contribution < 1.29 is 18.3 Å². The minimum Gasteiger partial charge on any atom is -0.507 e. The number of piperidine rings is 1. The molecule has 2 aromatic rings. The van der Waals surface area contributed by atoms with E-state index in [-0.39, 0.29) is 11.1 Å². The molecule has 8 heteroatoms. The molecule has 2 aliphatic rings. The highest BCUT2D eigenvalue weighted by Crippen LogP contribution is 2.43. The zero-order chi connectivity index (χ0) is 20.8. The number of benzene rings is 1. The molecule has 156 valence electrons. The molecule has 2 bridgehead atoms. The molecule has 1 aromatic carbocycles. The molecule has 0 spiro atoms. The first-order valence-corrected chi connectivity index (χ1v) is 9.91. The molecule has 0 saturated carbocycles. The first-order chi connectivity index (χ1) is 13.7. The number of phenols is 1. The Hall–Kier alpha value is -2.35. The van der Waals surface area contributed by atoms with E-state index in [0.717, 1.165) is 25.1 Å². The number of aromatic nitrogens is 2. The number of rotatable bonds is 4. The monoisotopic (exact) mass is 406 g/mol. The highest BCUT2D eigenvalue weighted by atomic mass is 19.4. The number of nitrogens with zero attached hydrogens (tertiary/aromatic N) is 3. The first-order valence-electron chi connectivity index (χ1n) is 9.91. The zero-order valence-corrected chi connectivity index (χ0v) is 16.6. The first kappa shape index (κ1) is 19.9. The van der Waals surface area contributed by atoms with Crippen molar-refractivity contribution in [2.45, 2.75) is 56.8 Å². The van der Waals surface area contributed by atoms with Crippen LogP contribution in [0.1, 0.15) is 43.2 Å². The summed E-state index contributed by atoms with van der Waals surface area (Å²) in [5, 5.41) is 21.8. The van der Waals surface area contributed by atoms with Crippen LogP contribution in [0.5, 0.6) is 5.75 Å². The molecular weight excluding hydrogens is 381 g/mol. The summed E-state index contributed by atoms with van der Waals surface area (Å²) in [5.74, 6) is 0.168. The van der Waals surface area contributed by atoms with E-state index in [0.29, 0.717) is 23.1 Å². The van der Waals surface area contributed by atoms with Crippen molar-refractivity contribution in [3.63, 3.8) is 0 Å². The van der Waals surface area contributed by atoms with E-state index < -0.39 is 17.5 Å². The SMILES string of the molecule is Cc1cc(C(F)(F)F)cc(O)c1-c1ccc(NCC23CCCC(CC2)N3C)nn1. The van der Waals surface area contributed by atoms with Gasteiger partial charge in [0.15, 0.2) is 0 Å². The maximum absolute atomic E-state index is 12.9. The summed E-state index contributed by atoms with van der Waals surface area (Å²) in [4.78, 5) is 2.49. The lowest BCUT2D eigenvalue weighted by atomic mass is 9.88. The molecule has 0 aliphatic carbocycles. The fourth-order valence-corrected chi connectivity index (χ4v) is 4.88. The van der Waals surface area contributed by atoms with Gasteiger partial charge in [0.2, 0.25) is 0 Å². The summed E-state index contributed by atoms with van der Waals surface area (Å²) >= 11 is 0. The fraction of sp³-hybridized carbons (Fsp3) is 0.524. The molecule has 2 unspecified atom stereocenters.